The Kier molecular flexibility index (Phi) is 8.07. The number of carbonyl (C=O) groups is 2. The summed E-state index contributed by atoms with van der Waals surface area (Å²) < 4.78 is 11.2. The molecular formula is C20H16BrClN2O5. The number of carboxylic acid groups (broad SMARTS) is 1. The normalized spacial score (nSPS) is 10.8. The number of nitriles is 1. The van der Waals surface area contributed by atoms with E-state index in [0.717, 1.165) is 0 Å². The van der Waals surface area contributed by atoms with Gasteiger partial charge in [-0.3, -0.25) is 4.79 Å². The fourth-order valence-corrected chi connectivity index (χ4v) is 2.88. The Morgan fingerprint density at radius 2 is 2.00 bits per heavy atom. The summed E-state index contributed by atoms with van der Waals surface area (Å²) in [5.41, 5.74) is 0.788. The van der Waals surface area contributed by atoms with Crippen molar-refractivity contribution in [2.75, 3.05) is 18.5 Å². The molecule has 0 heterocycles. The molecule has 2 aromatic carbocycles. The number of nitrogens with zero attached hydrogens (tertiary/aromatic N) is 1. The van der Waals surface area contributed by atoms with Crippen molar-refractivity contribution in [1.29, 1.82) is 5.26 Å². The second kappa shape index (κ2) is 10.5. The summed E-state index contributed by atoms with van der Waals surface area (Å²) in [7, 11) is 0. The van der Waals surface area contributed by atoms with Crippen molar-refractivity contribution >= 4 is 51.2 Å². The highest BCUT2D eigenvalue weighted by Gasteiger charge is 2.15. The van der Waals surface area contributed by atoms with Gasteiger partial charge in [0.1, 0.15) is 11.6 Å². The first-order valence-electron chi connectivity index (χ1n) is 8.33. The molecule has 2 rings (SSSR count). The topological polar surface area (TPSA) is 109 Å². The molecule has 29 heavy (non-hydrogen) atoms. The minimum atomic E-state index is -1.13. The molecule has 9 heteroatoms. The molecule has 0 radical (unpaired) electrons. The molecule has 7 nitrogen and oxygen atoms in total. The van der Waals surface area contributed by atoms with E-state index in [1.807, 2.05) is 6.07 Å². The predicted molar refractivity (Wildman–Crippen MR) is 112 cm³/mol. The van der Waals surface area contributed by atoms with Crippen molar-refractivity contribution in [2.45, 2.75) is 6.92 Å². The second-order valence-corrected chi connectivity index (χ2v) is 6.86. The van der Waals surface area contributed by atoms with Crippen molar-refractivity contribution in [3.05, 3.63) is 57.0 Å². The first-order valence-corrected chi connectivity index (χ1v) is 9.50. The number of benzene rings is 2. The molecule has 150 valence electrons. The van der Waals surface area contributed by atoms with Gasteiger partial charge in [-0.15, -0.1) is 0 Å². The second-order valence-electron chi connectivity index (χ2n) is 5.57. The number of rotatable bonds is 8. The van der Waals surface area contributed by atoms with Crippen LogP contribution >= 0.6 is 27.5 Å². The van der Waals surface area contributed by atoms with Gasteiger partial charge in [-0.2, -0.15) is 5.26 Å². The Morgan fingerprint density at radius 1 is 1.28 bits per heavy atom. The summed E-state index contributed by atoms with van der Waals surface area (Å²) in [6.45, 7) is 1.54. The van der Waals surface area contributed by atoms with Crippen LogP contribution in [0.2, 0.25) is 5.02 Å². The highest BCUT2D eigenvalue weighted by atomic mass is 79.9. The van der Waals surface area contributed by atoms with Crippen LogP contribution in [0.1, 0.15) is 12.5 Å². The zero-order chi connectivity index (χ0) is 21.4. The van der Waals surface area contributed by atoms with Crippen LogP contribution in [0.3, 0.4) is 0 Å². The average molecular weight is 480 g/mol. The number of hydrogen-bond donors (Lipinski definition) is 2. The molecule has 0 aliphatic heterocycles. The number of anilines is 1. The lowest BCUT2D eigenvalue weighted by molar-refractivity contribution is -0.139. The summed E-state index contributed by atoms with van der Waals surface area (Å²) in [6, 6.07) is 11.5. The van der Waals surface area contributed by atoms with Gasteiger partial charge in [0.05, 0.1) is 6.61 Å². The van der Waals surface area contributed by atoms with Gasteiger partial charge >= 0.3 is 5.97 Å². The Morgan fingerprint density at radius 3 is 2.62 bits per heavy atom. The molecule has 2 aromatic rings. The molecule has 0 unspecified atom stereocenters. The molecule has 0 aliphatic rings. The van der Waals surface area contributed by atoms with Gasteiger partial charge in [-0.05, 0) is 48.9 Å². The summed E-state index contributed by atoms with van der Waals surface area (Å²) in [6.07, 6.45) is 1.38. The first kappa shape index (κ1) is 22.3. The zero-order valence-corrected chi connectivity index (χ0v) is 17.6. The quantitative estimate of drug-likeness (QED) is 0.426. The van der Waals surface area contributed by atoms with Crippen LogP contribution in [0.5, 0.6) is 11.5 Å². The monoisotopic (exact) mass is 478 g/mol. The van der Waals surface area contributed by atoms with Crippen molar-refractivity contribution in [2.24, 2.45) is 0 Å². The van der Waals surface area contributed by atoms with E-state index in [2.05, 4.69) is 21.2 Å². The van der Waals surface area contributed by atoms with Crippen LogP contribution in [-0.4, -0.2) is 30.2 Å². The molecule has 0 saturated heterocycles. The third-order valence-electron chi connectivity index (χ3n) is 3.46. The van der Waals surface area contributed by atoms with Gasteiger partial charge in [0.25, 0.3) is 5.91 Å². The van der Waals surface area contributed by atoms with Gasteiger partial charge in [-0.1, -0.05) is 33.6 Å². The number of carbonyl (C=O) groups excluding carboxylic acids is 1. The molecule has 1 amide bonds. The number of aliphatic carboxylic acids is 1. The Bertz CT molecular complexity index is 1000. The Hall–Kier alpha value is -3.02. The van der Waals surface area contributed by atoms with Gasteiger partial charge in [-0.25, -0.2) is 4.79 Å². The van der Waals surface area contributed by atoms with Crippen LogP contribution < -0.4 is 14.8 Å². The largest absolute Gasteiger partial charge is 0.490 e. The lowest BCUT2D eigenvalue weighted by Crippen LogP contribution is -2.13. The van der Waals surface area contributed by atoms with Crippen molar-refractivity contribution in [3.63, 3.8) is 0 Å². The third-order valence-corrected chi connectivity index (χ3v) is 4.38. The lowest BCUT2D eigenvalue weighted by Gasteiger charge is -2.13. The summed E-state index contributed by atoms with van der Waals surface area (Å²) in [5.74, 6) is -1.22. The smallest absolute Gasteiger partial charge is 0.341 e. The molecule has 0 atom stereocenters. The van der Waals surface area contributed by atoms with Crippen LogP contribution in [0.15, 0.2) is 46.4 Å². The summed E-state index contributed by atoms with van der Waals surface area (Å²) >= 11 is 9.24. The minimum absolute atomic E-state index is 0.146. The standard InChI is InChI=1S/C20H16BrClN2O5/c1-2-28-17-7-12(16(21)9-18(17)29-11-19(25)26)6-13(10-23)20(27)24-15-5-3-4-14(22)8-15/h3-9H,2,11H2,1H3,(H,24,27)(H,25,26)/b13-6+. The average Bonchev–Trinajstić information content (AvgIpc) is 2.66. The Labute approximate surface area is 180 Å². The maximum atomic E-state index is 12.4. The summed E-state index contributed by atoms with van der Waals surface area (Å²) in [4.78, 5) is 23.2. The number of nitrogens with one attached hydrogen (secondary N) is 1. The van der Waals surface area contributed by atoms with E-state index < -0.39 is 18.5 Å². The number of amides is 1. The number of carboxylic acids is 1. The number of halogens is 2. The van der Waals surface area contributed by atoms with E-state index in [4.69, 9.17) is 26.2 Å². The van der Waals surface area contributed by atoms with Crippen molar-refractivity contribution < 1.29 is 24.2 Å². The van der Waals surface area contributed by atoms with Crippen LogP contribution in [0.25, 0.3) is 6.08 Å². The molecule has 0 aromatic heterocycles. The van der Waals surface area contributed by atoms with Crippen LogP contribution in [-0.2, 0) is 9.59 Å². The van der Waals surface area contributed by atoms with Crippen LogP contribution in [0.4, 0.5) is 5.69 Å². The lowest BCUT2D eigenvalue weighted by atomic mass is 10.1. The van der Waals surface area contributed by atoms with Gasteiger partial charge < -0.3 is 19.9 Å². The minimum Gasteiger partial charge on any atom is -0.490 e. The third kappa shape index (κ3) is 6.52. The fourth-order valence-electron chi connectivity index (χ4n) is 2.25. The maximum Gasteiger partial charge on any atom is 0.341 e. The van der Waals surface area contributed by atoms with E-state index in [-0.39, 0.29) is 17.1 Å². The van der Waals surface area contributed by atoms with E-state index >= 15 is 0 Å². The Balaban J connectivity index is 2.33. The maximum absolute atomic E-state index is 12.4. The molecule has 0 bridgehead atoms. The van der Waals surface area contributed by atoms with E-state index in [1.54, 1.807) is 37.3 Å². The predicted octanol–water partition coefficient (Wildman–Crippen LogP) is 4.51. The van der Waals surface area contributed by atoms with Crippen molar-refractivity contribution in [1.82, 2.24) is 0 Å². The molecule has 0 aliphatic carbocycles. The van der Waals surface area contributed by atoms with Crippen molar-refractivity contribution in [3.8, 4) is 17.6 Å². The SMILES string of the molecule is CCOc1cc(/C=C(\C#N)C(=O)Nc2cccc(Cl)c2)c(Br)cc1OCC(=O)O. The molecule has 0 fully saturated rings. The van der Waals surface area contributed by atoms with Gasteiger partial charge in [0.15, 0.2) is 18.1 Å². The number of ether oxygens (including phenoxy) is 2. The molecule has 0 saturated carbocycles. The molecule has 2 N–H and O–H groups in total. The zero-order valence-electron chi connectivity index (χ0n) is 15.2. The fraction of sp³-hybridized carbons (Fsp3) is 0.150. The number of hydrogen-bond acceptors (Lipinski definition) is 5. The van der Waals surface area contributed by atoms with Gasteiger partial charge in [0.2, 0.25) is 0 Å². The highest BCUT2D eigenvalue weighted by molar-refractivity contribution is 9.10. The summed E-state index contributed by atoms with van der Waals surface area (Å²) in [5, 5.41) is 21.3. The van der Waals surface area contributed by atoms with E-state index in [0.29, 0.717) is 27.4 Å². The van der Waals surface area contributed by atoms with E-state index in [9.17, 15) is 14.9 Å². The van der Waals surface area contributed by atoms with Gasteiger partial charge in [0, 0.05) is 15.2 Å². The van der Waals surface area contributed by atoms with E-state index in [1.165, 1.54) is 12.1 Å². The first-order chi connectivity index (χ1) is 13.8. The highest BCUT2D eigenvalue weighted by Crippen LogP contribution is 2.35. The molecular weight excluding hydrogens is 464 g/mol. The molecule has 0 spiro atoms. The van der Waals surface area contributed by atoms with Crippen LogP contribution in [0, 0.1) is 11.3 Å².